The van der Waals surface area contributed by atoms with E-state index in [1.54, 1.807) is 0 Å². The maximum absolute atomic E-state index is 5.48. The highest BCUT2D eigenvalue weighted by Crippen LogP contribution is 2.19. The van der Waals surface area contributed by atoms with E-state index < -0.39 is 0 Å². The summed E-state index contributed by atoms with van der Waals surface area (Å²) < 4.78 is 0. The first-order valence-electron chi connectivity index (χ1n) is 3.50. The lowest BCUT2D eigenvalue weighted by Crippen LogP contribution is -1.89. The van der Waals surface area contributed by atoms with E-state index in [0.29, 0.717) is 10.4 Å². The fourth-order valence-electron chi connectivity index (χ4n) is 0.641. The van der Waals surface area contributed by atoms with Crippen LogP contribution < -0.4 is 5.73 Å². The summed E-state index contributed by atoms with van der Waals surface area (Å²) >= 11 is 3.40. The van der Waals surface area contributed by atoms with Gasteiger partial charge in [-0.1, -0.05) is 13.8 Å². The Morgan fingerprint density at radius 3 is 2.91 bits per heavy atom. The molecule has 0 amide bonds. The smallest absolute Gasteiger partial charge is 0.180 e. The van der Waals surface area contributed by atoms with Crippen LogP contribution in [0.25, 0.3) is 0 Å². The summed E-state index contributed by atoms with van der Waals surface area (Å²) in [5.74, 6) is 0.978. The van der Waals surface area contributed by atoms with E-state index in [9.17, 15) is 0 Å². The third-order valence-corrected chi connectivity index (χ3v) is 2.99. The molecule has 0 unspecified atom stereocenters. The topological polar surface area (TPSA) is 38.9 Å². The van der Waals surface area contributed by atoms with E-state index >= 15 is 0 Å². The van der Waals surface area contributed by atoms with Gasteiger partial charge in [0.25, 0.3) is 0 Å². The van der Waals surface area contributed by atoms with Crippen LogP contribution in [0.3, 0.4) is 0 Å². The van der Waals surface area contributed by atoms with Gasteiger partial charge in [-0.05, 0) is 5.25 Å². The molecule has 0 spiro atoms. The van der Waals surface area contributed by atoms with Crippen LogP contribution in [-0.4, -0.2) is 10.2 Å². The monoisotopic (exact) mass is 188 g/mol. The fraction of sp³-hybridized carbons (Fsp3) is 0.571. The molecular weight excluding hydrogens is 176 g/mol. The SMILES string of the molecule is CC(C)SCc1csc(N)n1. The molecule has 11 heavy (non-hydrogen) atoms. The van der Waals surface area contributed by atoms with Crippen LogP contribution in [-0.2, 0) is 5.75 Å². The third kappa shape index (κ3) is 3.12. The number of rotatable bonds is 3. The number of anilines is 1. The average Bonchev–Trinajstić information content (AvgIpc) is 2.31. The second-order valence-corrected chi connectivity index (χ2v) is 4.99. The number of hydrogen-bond donors (Lipinski definition) is 1. The van der Waals surface area contributed by atoms with Crippen LogP contribution in [0.2, 0.25) is 0 Å². The molecule has 1 aromatic rings. The molecule has 0 fully saturated rings. The molecule has 0 aromatic carbocycles. The lowest BCUT2D eigenvalue weighted by atomic mass is 10.6. The van der Waals surface area contributed by atoms with Gasteiger partial charge in [-0.3, -0.25) is 0 Å². The molecule has 1 rings (SSSR count). The largest absolute Gasteiger partial charge is 0.375 e. The molecule has 0 aliphatic rings. The molecule has 0 aliphatic heterocycles. The third-order valence-electron chi connectivity index (χ3n) is 1.13. The van der Waals surface area contributed by atoms with E-state index in [4.69, 9.17) is 5.73 Å². The normalized spacial score (nSPS) is 10.8. The summed E-state index contributed by atoms with van der Waals surface area (Å²) in [6.45, 7) is 4.36. The van der Waals surface area contributed by atoms with Gasteiger partial charge < -0.3 is 5.73 Å². The van der Waals surface area contributed by atoms with E-state index in [-0.39, 0.29) is 0 Å². The lowest BCUT2D eigenvalue weighted by Gasteiger charge is -2.00. The van der Waals surface area contributed by atoms with Gasteiger partial charge in [0, 0.05) is 11.1 Å². The molecule has 0 aliphatic carbocycles. The van der Waals surface area contributed by atoms with Gasteiger partial charge >= 0.3 is 0 Å². The summed E-state index contributed by atoms with van der Waals surface area (Å²) in [4.78, 5) is 4.16. The zero-order valence-electron chi connectivity index (χ0n) is 6.70. The van der Waals surface area contributed by atoms with Crippen molar-refractivity contribution in [2.45, 2.75) is 24.9 Å². The van der Waals surface area contributed by atoms with E-state index in [1.807, 2.05) is 17.1 Å². The number of nitrogen functional groups attached to an aromatic ring is 1. The fourth-order valence-corrected chi connectivity index (χ4v) is 1.96. The van der Waals surface area contributed by atoms with Gasteiger partial charge in [-0.25, -0.2) is 4.98 Å². The Balaban J connectivity index is 2.39. The summed E-state index contributed by atoms with van der Waals surface area (Å²) in [5.41, 5.74) is 6.59. The maximum Gasteiger partial charge on any atom is 0.180 e. The maximum atomic E-state index is 5.48. The Hall–Kier alpha value is -0.220. The van der Waals surface area contributed by atoms with Gasteiger partial charge in [-0.15, -0.1) is 11.3 Å². The Morgan fingerprint density at radius 1 is 1.73 bits per heavy atom. The van der Waals surface area contributed by atoms with Gasteiger partial charge in [0.1, 0.15) is 0 Å². The predicted molar refractivity (Wildman–Crippen MR) is 53.0 cm³/mol. The summed E-state index contributed by atoms with van der Waals surface area (Å²) in [6.07, 6.45) is 0. The van der Waals surface area contributed by atoms with E-state index in [2.05, 4.69) is 18.8 Å². The van der Waals surface area contributed by atoms with Crippen molar-refractivity contribution in [3.63, 3.8) is 0 Å². The molecule has 2 N–H and O–H groups in total. The van der Waals surface area contributed by atoms with Gasteiger partial charge in [0.2, 0.25) is 0 Å². The second kappa shape index (κ2) is 3.97. The molecule has 2 nitrogen and oxygen atoms in total. The molecule has 4 heteroatoms. The number of nitrogens with zero attached hydrogens (tertiary/aromatic N) is 1. The predicted octanol–water partition coefficient (Wildman–Crippen LogP) is 2.37. The highest BCUT2D eigenvalue weighted by molar-refractivity contribution is 7.99. The van der Waals surface area contributed by atoms with Crippen LogP contribution in [0.1, 0.15) is 19.5 Å². The summed E-state index contributed by atoms with van der Waals surface area (Å²) in [7, 11) is 0. The van der Waals surface area contributed by atoms with Gasteiger partial charge in [0.05, 0.1) is 5.69 Å². The lowest BCUT2D eigenvalue weighted by molar-refractivity contribution is 1.10. The highest BCUT2D eigenvalue weighted by atomic mass is 32.2. The highest BCUT2D eigenvalue weighted by Gasteiger charge is 2.00. The Labute approximate surface area is 75.2 Å². The summed E-state index contributed by atoms with van der Waals surface area (Å²) in [6, 6.07) is 0. The first-order valence-corrected chi connectivity index (χ1v) is 5.43. The van der Waals surface area contributed by atoms with Crippen molar-refractivity contribution in [1.82, 2.24) is 4.98 Å². The zero-order valence-corrected chi connectivity index (χ0v) is 8.34. The van der Waals surface area contributed by atoms with Crippen molar-refractivity contribution in [1.29, 1.82) is 0 Å². The van der Waals surface area contributed by atoms with Crippen molar-refractivity contribution >= 4 is 28.2 Å². The van der Waals surface area contributed by atoms with Crippen molar-refractivity contribution in [2.24, 2.45) is 0 Å². The quantitative estimate of drug-likeness (QED) is 0.791. The molecule has 0 saturated heterocycles. The van der Waals surface area contributed by atoms with Crippen LogP contribution in [0.15, 0.2) is 5.38 Å². The molecule has 62 valence electrons. The first-order chi connectivity index (χ1) is 5.18. The Morgan fingerprint density at radius 2 is 2.45 bits per heavy atom. The van der Waals surface area contributed by atoms with Crippen molar-refractivity contribution in [3.05, 3.63) is 11.1 Å². The van der Waals surface area contributed by atoms with Crippen LogP contribution in [0.5, 0.6) is 0 Å². The van der Waals surface area contributed by atoms with Crippen LogP contribution >= 0.6 is 23.1 Å². The zero-order chi connectivity index (χ0) is 8.27. The minimum Gasteiger partial charge on any atom is -0.375 e. The Bertz CT molecular complexity index is 220. The average molecular weight is 188 g/mol. The molecular formula is C7H12N2S2. The number of hydrogen-bond acceptors (Lipinski definition) is 4. The van der Waals surface area contributed by atoms with Crippen LogP contribution in [0.4, 0.5) is 5.13 Å². The first kappa shape index (κ1) is 8.87. The molecule has 0 bridgehead atoms. The van der Waals surface area contributed by atoms with Gasteiger partial charge in [0.15, 0.2) is 5.13 Å². The van der Waals surface area contributed by atoms with Crippen molar-refractivity contribution < 1.29 is 0 Å². The number of aromatic nitrogens is 1. The minimum absolute atomic E-state index is 0.665. The van der Waals surface area contributed by atoms with Gasteiger partial charge in [-0.2, -0.15) is 11.8 Å². The molecule has 1 aromatic heterocycles. The Kier molecular flexibility index (Phi) is 3.20. The van der Waals surface area contributed by atoms with Crippen molar-refractivity contribution in [3.8, 4) is 0 Å². The standard InChI is InChI=1S/C7H12N2S2/c1-5(2)10-3-6-4-11-7(8)9-6/h4-5H,3H2,1-2H3,(H2,8,9). The molecule has 1 heterocycles. The van der Waals surface area contributed by atoms with E-state index in [1.165, 1.54) is 11.3 Å². The molecule has 0 atom stereocenters. The second-order valence-electron chi connectivity index (χ2n) is 2.54. The molecule has 0 radical (unpaired) electrons. The minimum atomic E-state index is 0.665. The van der Waals surface area contributed by atoms with Crippen LogP contribution in [0, 0.1) is 0 Å². The molecule has 0 saturated carbocycles. The van der Waals surface area contributed by atoms with E-state index in [0.717, 1.165) is 11.4 Å². The summed E-state index contributed by atoms with van der Waals surface area (Å²) in [5, 5.41) is 3.35. The number of thiazole rings is 1. The van der Waals surface area contributed by atoms with Crippen molar-refractivity contribution in [2.75, 3.05) is 5.73 Å². The number of nitrogens with two attached hydrogens (primary N) is 1. The number of thioether (sulfide) groups is 1.